The molecule has 0 bridgehead atoms. The van der Waals surface area contributed by atoms with Crippen LogP contribution in [0.2, 0.25) is 0 Å². The van der Waals surface area contributed by atoms with Gasteiger partial charge in [0.25, 0.3) is 10.9 Å². The molecule has 2 aromatic carbocycles. The van der Waals surface area contributed by atoms with E-state index in [4.69, 9.17) is 0 Å². The number of anilines is 3. The average molecular weight is 282 g/mol. The molecule has 0 saturated heterocycles. The molecule has 106 valence electrons. The molecule has 0 aliphatic carbocycles. The number of H-pyrrole nitrogens is 1. The first-order valence-electron chi connectivity index (χ1n) is 6.63. The van der Waals surface area contributed by atoms with Crippen LogP contribution in [0.1, 0.15) is 5.56 Å². The minimum atomic E-state index is -0.514. The standard InChI is InChI=1S/C15H14N4O2/c20-14-12(16-8-6-10-4-2-1-3-5-10)13(15(14)21)18-11-7-9-17-19-11/h1-5,7,9,16H,6,8H2,(H2,17,18,19). The van der Waals surface area contributed by atoms with E-state index >= 15 is 0 Å². The highest BCUT2D eigenvalue weighted by Crippen LogP contribution is 2.18. The third-order valence-electron chi connectivity index (χ3n) is 3.22. The highest BCUT2D eigenvalue weighted by molar-refractivity contribution is 5.77. The number of aromatic nitrogens is 2. The van der Waals surface area contributed by atoms with Crippen molar-refractivity contribution in [3.8, 4) is 0 Å². The van der Waals surface area contributed by atoms with Gasteiger partial charge in [-0.3, -0.25) is 14.7 Å². The summed E-state index contributed by atoms with van der Waals surface area (Å²) in [6.45, 7) is 0.587. The molecule has 0 radical (unpaired) electrons. The smallest absolute Gasteiger partial charge is 0.253 e. The predicted octanol–water partition coefficient (Wildman–Crippen LogP) is 1.40. The minimum absolute atomic E-state index is 0.278. The molecular formula is C15H14N4O2. The quantitative estimate of drug-likeness (QED) is 0.595. The van der Waals surface area contributed by atoms with Crippen molar-refractivity contribution in [2.24, 2.45) is 0 Å². The van der Waals surface area contributed by atoms with Crippen LogP contribution in [0.3, 0.4) is 0 Å². The zero-order valence-electron chi connectivity index (χ0n) is 11.2. The number of aromatic amines is 1. The van der Waals surface area contributed by atoms with E-state index < -0.39 is 10.9 Å². The van der Waals surface area contributed by atoms with Crippen molar-refractivity contribution in [1.29, 1.82) is 0 Å². The summed E-state index contributed by atoms with van der Waals surface area (Å²) < 4.78 is 0. The van der Waals surface area contributed by atoms with E-state index in [1.165, 1.54) is 5.56 Å². The summed E-state index contributed by atoms with van der Waals surface area (Å²) in [6.07, 6.45) is 2.41. The normalized spacial score (nSPS) is 10.7. The number of nitrogens with zero attached hydrogens (tertiary/aromatic N) is 1. The molecular weight excluding hydrogens is 268 g/mol. The largest absolute Gasteiger partial charge is 0.380 e. The summed E-state index contributed by atoms with van der Waals surface area (Å²) in [5.41, 5.74) is 0.783. The molecule has 0 unspecified atom stereocenters. The molecule has 0 fully saturated rings. The zero-order valence-corrected chi connectivity index (χ0v) is 11.2. The third kappa shape index (κ3) is 2.69. The predicted molar refractivity (Wildman–Crippen MR) is 81.9 cm³/mol. The average Bonchev–Trinajstić information content (AvgIpc) is 3.03. The maximum Gasteiger partial charge on any atom is 0.253 e. The third-order valence-corrected chi connectivity index (χ3v) is 3.22. The molecule has 6 heteroatoms. The zero-order chi connectivity index (χ0) is 14.7. The Morgan fingerprint density at radius 3 is 2.48 bits per heavy atom. The van der Waals surface area contributed by atoms with Gasteiger partial charge in [-0.1, -0.05) is 30.3 Å². The van der Waals surface area contributed by atoms with E-state index in [2.05, 4.69) is 20.8 Å². The van der Waals surface area contributed by atoms with Crippen molar-refractivity contribution in [3.05, 3.63) is 68.6 Å². The van der Waals surface area contributed by atoms with E-state index in [1.807, 2.05) is 30.3 Å². The van der Waals surface area contributed by atoms with Crippen LogP contribution in [0.4, 0.5) is 17.2 Å². The van der Waals surface area contributed by atoms with Gasteiger partial charge in [0, 0.05) is 18.8 Å². The lowest BCUT2D eigenvalue weighted by molar-refractivity contribution is 1.01. The first-order valence-corrected chi connectivity index (χ1v) is 6.63. The molecule has 0 atom stereocenters. The Labute approximate surface area is 120 Å². The second kappa shape index (κ2) is 5.62. The molecule has 6 nitrogen and oxygen atoms in total. The van der Waals surface area contributed by atoms with Gasteiger partial charge in [-0.05, 0) is 12.0 Å². The number of nitrogens with one attached hydrogen (secondary N) is 3. The van der Waals surface area contributed by atoms with Gasteiger partial charge in [-0.15, -0.1) is 0 Å². The molecule has 0 aliphatic heterocycles. The highest BCUT2D eigenvalue weighted by Gasteiger charge is 2.20. The first-order chi connectivity index (χ1) is 10.3. The van der Waals surface area contributed by atoms with Gasteiger partial charge < -0.3 is 10.6 Å². The highest BCUT2D eigenvalue weighted by atomic mass is 16.2. The van der Waals surface area contributed by atoms with Crippen molar-refractivity contribution in [3.63, 3.8) is 0 Å². The first kappa shape index (κ1) is 13.1. The fourth-order valence-electron chi connectivity index (χ4n) is 2.11. The van der Waals surface area contributed by atoms with Crippen LogP contribution in [-0.4, -0.2) is 16.7 Å². The fraction of sp³-hybridized carbons (Fsp3) is 0.133. The Bertz CT molecular complexity index is 787. The van der Waals surface area contributed by atoms with Gasteiger partial charge in [0.15, 0.2) is 5.82 Å². The van der Waals surface area contributed by atoms with Crippen LogP contribution >= 0.6 is 0 Å². The van der Waals surface area contributed by atoms with Crippen LogP contribution in [0, 0.1) is 0 Å². The molecule has 3 N–H and O–H groups in total. The van der Waals surface area contributed by atoms with E-state index in [-0.39, 0.29) is 5.69 Å². The van der Waals surface area contributed by atoms with Crippen LogP contribution in [0.25, 0.3) is 0 Å². The van der Waals surface area contributed by atoms with Gasteiger partial charge in [0.1, 0.15) is 11.4 Å². The molecule has 0 spiro atoms. The summed E-state index contributed by atoms with van der Waals surface area (Å²) >= 11 is 0. The Hall–Kier alpha value is -2.89. The lowest BCUT2D eigenvalue weighted by Crippen LogP contribution is -2.37. The van der Waals surface area contributed by atoms with Crippen molar-refractivity contribution in [2.75, 3.05) is 17.2 Å². The van der Waals surface area contributed by atoms with Crippen molar-refractivity contribution < 1.29 is 0 Å². The van der Waals surface area contributed by atoms with E-state index in [0.29, 0.717) is 18.1 Å². The molecule has 0 amide bonds. The maximum atomic E-state index is 11.6. The summed E-state index contributed by atoms with van der Waals surface area (Å²) in [5, 5.41) is 12.4. The summed E-state index contributed by atoms with van der Waals surface area (Å²) in [5.74, 6) is 0.508. The topological polar surface area (TPSA) is 86.9 Å². The van der Waals surface area contributed by atoms with E-state index in [0.717, 1.165) is 6.42 Å². The van der Waals surface area contributed by atoms with Crippen molar-refractivity contribution in [2.45, 2.75) is 6.42 Å². The van der Waals surface area contributed by atoms with Gasteiger partial charge in [0.2, 0.25) is 0 Å². The van der Waals surface area contributed by atoms with Crippen molar-refractivity contribution in [1.82, 2.24) is 10.2 Å². The van der Waals surface area contributed by atoms with E-state index in [9.17, 15) is 9.59 Å². The second-order valence-corrected chi connectivity index (χ2v) is 4.66. The lowest BCUT2D eigenvalue weighted by atomic mass is 10.1. The second-order valence-electron chi connectivity index (χ2n) is 4.66. The summed E-state index contributed by atoms with van der Waals surface area (Å²) in [7, 11) is 0. The van der Waals surface area contributed by atoms with Crippen LogP contribution in [0.15, 0.2) is 52.2 Å². The number of hydrogen-bond donors (Lipinski definition) is 3. The van der Waals surface area contributed by atoms with Gasteiger partial charge in [-0.2, -0.15) is 5.10 Å². The maximum absolute atomic E-state index is 11.6. The van der Waals surface area contributed by atoms with Gasteiger partial charge in [0.05, 0.1) is 0 Å². The molecule has 21 heavy (non-hydrogen) atoms. The van der Waals surface area contributed by atoms with E-state index in [1.54, 1.807) is 12.3 Å². The SMILES string of the molecule is O=c1c(NCCc2ccccc2)c(Nc2cc[nH]n2)c1=O. The molecule has 3 rings (SSSR count). The number of benzene rings is 1. The number of hydrogen-bond acceptors (Lipinski definition) is 5. The van der Waals surface area contributed by atoms with Gasteiger partial charge >= 0.3 is 0 Å². The van der Waals surface area contributed by atoms with Crippen LogP contribution in [0.5, 0.6) is 0 Å². The van der Waals surface area contributed by atoms with Crippen molar-refractivity contribution >= 4 is 17.2 Å². The monoisotopic (exact) mass is 282 g/mol. The molecule has 0 saturated carbocycles. The Balaban J connectivity index is 1.65. The summed E-state index contributed by atoms with van der Waals surface area (Å²) in [6, 6.07) is 11.6. The Morgan fingerprint density at radius 1 is 1.00 bits per heavy atom. The Kier molecular flexibility index (Phi) is 3.51. The Morgan fingerprint density at radius 2 is 1.76 bits per heavy atom. The minimum Gasteiger partial charge on any atom is -0.380 e. The summed E-state index contributed by atoms with van der Waals surface area (Å²) in [4.78, 5) is 23.2. The molecule has 3 aromatic rings. The van der Waals surface area contributed by atoms with Gasteiger partial charge in [-0.25, -0.2) is 0 Å². The van der Waals surface area contributed by atoms with Crippen LogP contribution in [-0.2, 0) is 6.42 Å². The lowest BCUT2D eigenvalue weighted by Gasteiger charge is -2.13. The fourth-order valence-corrected chi connectivity index (χ4v) is 2.11. The molecule has 0 aliphatic rings. The number of rotatable bonds is 6. The van der Waals surface area contributed by atoms with Crippen LogP contribution < -0.4 is 21.5 Å². The molecule has 1 aromatic heterocycles. The molecule has 1 heterocycles.